The van der Waals surface area contributed by atoms with Gasteiger partial charge in [-0.2, -0.15) is 0 Å². The van der Waals surface area contributed by atoms with Crippen LogP contribution in [-0.4, -0.2) is 36.9 Å². The van der Waals surface area contributed by atoms with Crippen LogP contribution in [0.5, 0.6) is 5.75 Å². The first-order chi connectivity index (χ1) is 12.2. The number of benzene rings is 1. The monoisotopic (exact) mass is 339 g/mol. The van der Waals surface area contributed by atoms with Crippen LogP contribution < -0.4 is 4.74 Å². The van der Waals surface area contributed by atoms with E-state index in [-0.39, 0.29) is 5.41 Å². The number of carbonyl (C=O) groups excluding carboxylic acids is 1. The lowest BCUT2D eigenvalue weighted by Gasteiger charge is -2.59. The van der Waals surface area contributed by atoms with Gasteiger partial charge < -0.3 is 4.74 Å². The second-order valence-corrected chi connectivity index (χ2v) is 8.85. The molecular weight excluding hydrogens is 310 g/mol. The van der Waals surface area contributed by atoms with Gasteiger partial charge >= 0.3 is 0 Å². The zero-order chi connectivity index (χ0) is 17.0. The number of nitrogens with zero attached hydrogens (tertiary/aromatic N) is 1. The highest BCUT2D eigenvalue weighted by Gasteiger charge is 2.55. The lowest BCUT2D eigenvalue weighted by Crippen LogP contribution is -2.62. The van der Waals surface area contributed by atoms with E-state index in [0.717, 1.165) is 43.8 Å². The van der Waals surface area contributed by atoms with Gasteiger partial charge in [0.15, 0.2) is 0 Å². The van der Waals surface area contributed by atoms with Crippen molar-refractivity contribution in [2.75, 3.05) is 20.2 Å². The zero-order valence-electron chi connectivity index (χ0n) is 15.3. The van der Waals surface area contributed by atoms with Crippen LogP contribution in [0, 0.1) is 11.8 Å². The van der Waals surface area contributed by atoms with E-state index in [0.29, 0.717) is 17.7 Å². The maximum Gasteiger partial charge on any atom is 0.133 e. The molecule has 2 saturated carbocycles. The van der Waals surface area contributed by atoms with E-state index in [2.05, 4.69) is 23.1 Å². The number of hydrogen-bond donors (Lipinski definition) is 0. The Morgan fingerprint density at radius 3 is 2.92 bits per heavy atom. The Morgan fingerprint density at radius 1 is 1.28 bits per heavy atom. The molecule has 3 atom stereocenters. The molecule has 0 N–H and O–H groups in total. The molecule has 1 aromatic rings. The largest absolute Gasteiger partial charge is 0.497 e. The summed E-state index contributed by atoms with van der Waals surface area (Å²) in [6.45, 7) is 2.46. The molecule has 2 unspecified atom stereocenters. The summed E-state index contributed by atoms with van der Waals surface area (Å²) in [5.41, 5.74) is 2.98. The van der Waals surface area contributed by atoms with Gasteiger partial charge in [0, 0.05) is 30.8 Å². The number of ketones is 1. The first-order valence-corrected chi connectivity index (χ1v) is 10.1. The molecule has 0 radical (unpaired) electrons. The lowest BCUT2D eigenvalue weighted by molar-refractivity contribution is -0.127. The fourth-order valence-electron chi connectivity index (χ4n) is 6.25. The first kappa shape index (κ1) is 15.9. The van der Waals surface area contributed by atoms with Crippen LogP contribution in [-0.2, 0) is 16.6 Å². The second kappa shape index (κ2) is 5.84. The van der Waals surface area contributed by atoms with Gasteiger partial charge in [0.05, 0.1) is 7.11 Å². The number of ether oxygens (including phenoxy) is 1. The van der Waals surface area contributed by atoms with E-state index in [1.54, 1.807) is 7.11 Å². The van der Waals surface area contributed by atoms with E-state index in [9.17, 15) is 4.79 Å². The Hall–Kier alpha value is -1.35. The molecule has 1 heterocycles. The van der Waals surface area contributed by atoms with Gasteiger partial charge in [0.1, 0.15) is 11.5 Å². The summed E-state index contributed by atoms with van der Waals surface area (Å²) in [4.78, 5) is 15.2. The van der Waals surface area contributed by atoms with Crippen molar-refractivity contribution < 1.29 is 9.53 Å². The number of Topliss-reactive ketones (excluding diaryl/α,β-unsaturated/α-hetero) is 1. The van der Waals surface area contributed by atoms with Crippen LogP contribution in [0.2, 0.25) is 0 Å². The third-order valence-electron chi connectivity index (χ3n) is 7.74. The molecule has 2 bridgehead atoms. The summed E-state index contributed by atoms with van der Waals surface area (Å²) in [6.07, 6.45) is 9.20. The minimum atomic E-state index is 0.0816. The Morgan fingerprint density at radius 2 is 2.16 bits per heavy atom. The molecule has 1 aliphatic heterocycles. The molecule has 0 spiro atoms. The van der Waals surface area contributed by atoms with Crippen LogP contribution >= 0.6 is 0 Å². The fraction of sp³-hybridized carbons (Fsp3) is 0.682. The summed E-state index contributed by atoms with van der Waals surface area (Å²) in [7, 11) is 1.75. The quantitative estimate of drug-likeness (QED) is 0.840. The van der Waals surface area contributed by atoms with Gasteiger partial charge in [0.2, 0.25) is 0 Å². The molecule has 4 aliphatic rings. The molecule has 1 saturated heterocycles. The third kappa shape index (κ3) is 2.38. The minimum Gasteiger partial charge on any atom is -0.497 e. The molecule has 25 heavy (non-hydrogen) atoms. The molecule has 3 nitrogen and oxygen atoms in total. The van der Waals surface area contributed by atoms with Crippen LogP contribution in [0.15, 0.2) is 18.2 Å². The average Bonchev–Trinajstić information content (AvgIpc) is 2.58. The van der Waals surface area contributed by atoms with Gasteiger partial charge in [-0.05, 0) is 73.7 Å². The Labute approximate surface area is 150 Å². The summed E-state index contributed by atoms with van der Waals surface area (Å²) in [5, 5.41) is 0. The number of likely N-dealkylation sites (tertiary alicyclic amines) is 1. The highest BCUT2D eigenvalue weighted by molar-refractivity contribution is 5.81. The van der Waals surface area contributed by atoms with Gasteiger partial charge in [-0.1, -0.05) is 12.5 Å². The van der Waals surface area contributed by atoms with Gasteiger partial charge in [0.25, 0.3) is 0 Å². The first-order valence-electron chi connectivity index (χ1n) is 10.1. The Balaban J connectivity index is 1.55. The predicted molar refractivity (Wildman–Crippen MR) is 98.0 cm³/mol. The van der Waals surface area contributed by atoms with E-state index >= 15 is 0 Å². The van der Waals surface area contributed by atoms with E-state index in [1.165, 1.54) is 43.5 Å². The minimum absolute atomic E-state index is 0.0816. The summed E-state index contributed by atoms with van der Waals surface area (Å²) < 4.78 is 5.52. The number of piperidine rings is 1. The number of carbonyl (C=O) groups is 1. The summed E-state index contributed by atoms with van der Waals surface area (Å²) in [5.74, 6) is 2.99. The molecule has 3 aliphatic carbocycles. The molecule has 0 amide bonds. The van der Waals surface area contributed by atoms with Crippen molar-refractivity contribution in [1.29, 1.82) is 0 Å². The highest BCUT2D eigenvalue weighted by Crippen LogP contribution is 2.55. The maximum atomic E-state index is 12.4. The van der Waals surface area contributed by atoms with Crippen molar-refractivity contribution in [3.63, 3.8) is 0 Å². The highest BCUT2D eigenvalue weighted by atomic mass is 16.5. The van der Waals surface area contributed by atoms with E-state index in [1.807, 2.05) is 0 Å². The second-order valence-electron chi connectivity index (χ2n) is 8.85. The van der Waals surface area contributed by atoms with Crippen molar-refractivity contribution in [2.45, 2.75) is 62.8 Å². The fourth-order valence-corrected chi connectivity index (χ4v) is 6.25. The molecule has 3 fully saturated rings. The van der Waals surface area contributed by atoms with Crippen molar-refractivity contribution in [3.05, 3.63) is 29.3 Å². The standard InChI is InChI=1S/C22H29NO2/c1-25-18-7-5-16-11-21-19-8-6-17(24)13-22(19,20(16)12-18)9-10-23(21)14-15-3-2-4-15/h5,7,12,15,19,21H,2-4,6,8-11,13-14H2,1H3/t19-,21?,22?/m1/s1. The van der Waals surface area contributed by atoms with Crippen molar-refractivity contribution >= 4 is 5.78 Å². The van der Waals surface area contributed by atoms with Gasteiger partial charge in [-0.25, -0.2) is 0 Å². The molecule has 5 rings (SSSR count). The molecule has 0 aromatic heterocycles. The van der Waals surface area contributed by atoms with Crippen LogP contribution in [0.3, 0.4) is 0 Å². The average molecular weight is 339 g/mol. The molecule has 1 aromatic carbocycles. The van der Waals surface area contributed by atoms with Crippen LogP contribution in [0.25, 0.3) is 0 Å². The maximum absolute atomic E-state index is 12.4. The summed E-state index contributed by atoms with van der Waals surface area (Å²) >= 11 is 0. The van der Waals surface area contributed by atoms with Crippen molar-refractivity contribution in [2.24, 2.45) is 11.8 Å². The third-order valence-corrected chi connectivity index (χ3v) is 7.74. The zero-order valence-corrected chi connectivity index (χ0v) is 15.3. The van der Waals surface area contributed by atoms with E-state index in [4.69, 9.17) is 4.74 Å². The molecule has 134 valence electrons. The molecule has 3 heteroatoms. The van der Waals surface area contributed by atoms with Crippen LogP contribution in [0.4, 0.5) is 0 Å². The predicted octanol–water partition coefficient (Wildman–Crippen LogP) is 3.73. The number of fused-ring (bicyclic) bond motifs is 1. The summed E-state index contributed by atoms with van der Waals surface area (Å²) in [6, 6.07) is 7.26. The van der Waals surface area contributed by atoms with Gasteiger partial charge in [-0.3, -0.25) is 9.69 Å². The number of hydrogen-bond acceptors (Lipinski definition) is 3. The smallest absolute Gasteiger partial charge is 0.133 e. The topological polar surface area (TPSA) is 29.5 Å². The van der Waals surface area contributed by atoms with Crippen LogP contribution in [0.1, 0.15) is 56.1 Å². The molecular formula is C22H29NO2. The van der Waals surface area contributed by atoms with E-state index < -0.39 is 0 Å². The van der Waals surface area contributed by atoms with Crippen molar-refractivity contribution in [3.8, 4) is 5.75 Å². The Bertz CT molecular complexity index is 695. The van der Waals surface area contributed by atoms with Crippen molar-refractivity contribution in [1.82, 2.24) is 4.90 Å². The SMILES string of the molecule is COc1ccc2c(c1)C13CCN(CC4CCC4)C(C2)[C@H]1CCC(=O)C3. The normalized spacial score (nSPS) is 34.8. The lowest BCUT2D eigenvalue weighted by atomic mass is 9.52. The van der Waals surface area contributed by atoms with Gasteiger partial charge in [-0.15, -0.1) is 0 Å². The number of rotatable bonds is 3. The number of methoxy groups -OCH3 is 1. The Kier molecular flexibility index (Phi) is 3.70.